The van der Waals surface area contributed by atoms with Crippen LogP contribution in [0, 0.1) is 0 Å². The largest absolute Gasteiger partial charge is 0.317 e. The van der Waals surface area contributed by atoms with Crippen molar-refractivity contribution < 1.29 is 4.79 Å². The van der Waals surface area contributed by atoms with E-state index in [-0.39, 0.29) is 0 Å². The van der Waals surface area contributed by atoms with E-state index in [4.69, 9.17) is 0 Å². The van der Waals surface area contributed by atoms with Crippen LogP contribution in [0.15, 0.2) is 0 Å². The summed E-state index contributed by atoms with van der Waals surface area (Å²) >= 11 is 0. The third-order valence-electron chi connectivity index (χ3n) is 4.69. The summed E-state index contributed by atoms with van der Waals surface area (Å²) in [5.41, 5.74) is 0. The molecular weight excluding hydrogens is 274 g/mol. The molecule has 4 heteroatoms. The van der Waals surface area contributed by atoms with Gasteiger partial charge in [-0.15, -0.1) is 0 Å². The van der Waals surface area contributed by atoms with Crippen LogP contribution in [0.3, 0.4) is 0 Å². The summed E-state index contributed by atoms with van der Waals surface area (Å²) in [6.07, 6.45) is 10.3. The number of hydrogen-bond acceptors (Lipinski definition) is 4. The molecule has 0 amide bonds. The molecule has 0 aliphatic heterocycles. The fraction of sp³-hybridized carbons (Fsp3) is 0.944. The highest BCUT2D eigenvalue weighted by Crippen LogP contribution is 2.13. The van der Waals surface area contributed by atoms with E-state index in [1.807, 2.05) is 14.1 Å². The molecular formula is C18H39N3O. The molecule has 0 heterocycles. The molecule has 0 aliphatic carbocycles. The topological polar surface area (TPSA) is 53.2 Å². The van der Waals surface area contributed by atoms with Crippen molar-refractivity contribution in [2.45, 2.75) is 89.8 Å². The molecule has 4 nitrogen and oxygen atoms in total. The Morgan fingerprint density at radius 2 is 1.23 bits per heavy atom. The number of rotatable bonds is 15. The van der Waals surface area contributed by atoms with E-state index in [9.17, 15) is 4.79 Å². The van der Waals surface area contributed by atoms with E-state index in [1.54, 1.807) is 6.92 Å². The fourth-order valence-electron chi connectivity index (χ4n) is 2.89. The first-order valence-corrected chi connectivity index (χ1v) is 9.04. The number of carbonyl (C=O) groups excluding carboxylic acids is 1. The summed E-state index contributed by atoms with van der Waals surface area (Å²) in [7, 11) is 6.14. The van der Waals surface area contributed by atoms with Gasteiger partial charge in [-0.05, 0) is 73.5 Å². The average Bonchev–Trinajstić information content (AvgIpc) is 2.51. The van der Waals surface area contributed by atoms with Crippen molar-refractivity contribution in [3.8, 4) is 0 Å². The number of carbonyl (C=O) groups is 1. The van der Waals surface area contributed by atoms with Gasteiger partial charge < -0.3 is 20.7 Å². The van der Waals surface area contributed by atoms with Crippen LogP contribution in [0.2, 0.25) is 0 Å². The average molecular weight is 314 g/mol. The van der Waals surface area contributed by atoms with Crippen LogP contribution in [0.25, 0.3) is 0 Å². The lowest BCUT2D eigenvalue weighted by Gasteiger charge is -2.20. The lowest BCUT2D eigenvalue weighted by atomic mass is 9.98. The minimum Gasteiger partial charge on any atom is -0.317 e. The molecule has 0 fully saturated rings. The standard InChI is InChI=1S/C18H39N3O/c1-15(19-3)9-6-11-17(20-4)13-8-14-18(21-5)12-7-10-16(2)22/h15,17-21H,6-14H2,1-5H3. The molecule has 0 saturated carbocycles. The molecule has 0 aromatic rings. The smallest absolute Gasteiger partial charge is 0.129 e. The van der Waals surface area contributed by atoms with Gasteiger partial charge >= 0.3 is 0 Å². The molecule has 3 atom stereocenters. The molecule has 0 aliphatic rings. The summed E-state index contributed by atoms with van der Waals surface area (Å²) in [5.74, 6) is 0.306. The maximum absolute atomic E-state index is 11.0. The molecule has 0 saturated heterocycles. The molecule has 22 heavy (non-hydrogen) atoms. The van der Waals surface area contributed by atoms with E-state index < -0.39 is 0 Å². The number of ketones is 1. The number of hydrogen-bond donors (Lipinski definition) is 3. The molecule has 0 aromatic heterocycles. The first kappa shape index (κ1) is 21.6. The Kier molecular flexibility index (Phi) is 13.9. The van der Waals surface area contributed by atoms with Gasteiger partial charge in [0.1, 0.15) is 5.78 Å². The highest BCUT2D eigenvalue weighted by molar-refractivity contribution is 5.75. The second-order valence-electron chi connectivity index (χ2n) is 6.62. The van der Waals surface area contributed by atoms with Crippen molar-refractivity contribution in [2.24, 2.45) is 0 Å². The highest BCUT2D eigenvalue weighted by atomic mass is 16.1. The van der Waals surface area contributed by atoms with Gasteiger partial charge in [0.2, 0.25) is 0 Å². The molecule has 132 valence electrons. The van der Waals surface area contributed by atoms with Crippen LogP contribution in [-0.2, 0) is 4.79 Å². The van der Waals surface area contributed by atoms with Gasteiger partial charge in [0.25, 0.3) is 0 Å². The van der Waals surface area contributed by atoms with Crippen molar-refractivity contribution >= 4 is 5.78 Å². The Labute approximate surface area is 138 Å². The Morgan fingerprint density at radius 3 is 1.64 bits per heavy atom. The summed E-state index contributed by atoms with van der Waals surface area (Å²) in [5, 5.41) is 10.1. The van der Waals surface area contributed by atoms with Crippen molar-refractivity contribution in [2.75, 3.05) is 21.1 Å². The van der Waals surface area contributed by atoms with Gasteiger partial charge in [0.15, 0.2) is 0 Å². The molecule has 0 radical (unpaired) electrons. The molecule has 3 N–H and O–H groups in total. The van der Waals surface area contributed by atoms with Crippen LogP contribution in [0.4, 0.5) is 0 Å². The first-order chi connectivity index (χ1) is 10.5. The third kappa shape index (κ3) is 12.1. The molecule has 0 aromatic carbocycles. The second kappa shape index (κ2) is 14.2. The van der Waals surface area contributed by atoms with Gasteiger partial charge in [0, 0.05) is 24.5 Å². The zero-order valence-electron chi connectivity index (χ0n) is 15.5. The summed E-state index contributed by atoms with van der Waals surface area (Å²) in [6, 6.07) is 1.81. The predicted molar refractivity (Wildman–Crippen MR) is 96.5 cm³/mol. The highest BCUT2D eigenvalue weighted by Gasteiger charge is 2.10. The van der Waals surface area contributed by atoms with Crippen molar-refractivity contribution in [3.63, 3.8) is 0 Å². The zero-order valence-corrected chi connectivity index (χ0v) is 15.5. The molecule has 3 unspecified atom stereocenters. The zero-order chi connectivity index (χ0) is 16.8. The summed E-state index contributed by atoms with van der Waals surface area (Å²) in [6.45, 7) is 3.92. The second-order valence-corrected chi connectivity index (χ2v) is 6.62. The summed E-state index contributed by atoms with van der Waals surface area (Å²) in [4.78, 5) is 11.0. The number of Topliss-reactive ketones (excluding diaryl/α,β-unsaturated/α-hetero) is 1. The third-order valence-corrected chi connectivity index (χ3v) is 4.69. The van der Waals surface area contributed by atoms with E-state index in [0.717, 1.165) is 19.3 Å². The van der Waals surface area contributed by atoms with E-state index in [0.29, 0.717) is 23.9 Å². The van der Waals surface area contributed by atoms with Crippen molar-refractivity contribution in [1.82, 2.24) is 16.0 Å². The SMILES string of the molecule is CNC(C)CCCC(CCCC(CCCC(C)=O)NC)NC. The van der Waals surface area contributed by atoms with Crippen LogP contribution in [-0.4, -0.2) is 45.1 Å². The van der Waals surface area contributed by atoms with Gasteiger partial charge in [0.05, 0.1) is 0 Å². The minimum atomic E-state index is 0.306. The van der Waals surface area contributed by atoms with Gasteiger partial charge in [-0.3, -0.25) is 0 Å². The van der Waals surface area contributed by atoms with E-state index in [1.165, 1.54) is 38.5 Å². The first-order valence-electron chi connectivity index (χ1n) is 9.04. The quantitative estimate of drug-likeness (QED) is 0.435. The molecule has 0 rings (SSSR count). The maximum atomic E-state index is 11.0. The van der Waals surface area contributed by atoms with Crippen LogP contribution in [0.5, 0.6) is 0 Å². The van der Waals surface area contributed by atoms with Crippen molar-refractivity contribution in [1.29, 1.82) is 0 Å². The van der Waals surface area contributed by atoms with Crippen LogP contribution >= 0.6 is 0 Å². The lowest BCUT2D eigenvalue weighted by Crippen LogP contribution is -2.29. The van der Waals surface area contributed by atoms with E-state index >= 15 is 0 Å². The molecule has 0 spiro atoms. The van der Waals surface area contributed by atoms with Crippen LogP contribution < -0.4 is 16.0 Å². The molecule has 0 bridgehead atoms. The Balaban J connectivity index is 3.79. The van der Waals surface area contributed by atoms with Crippen LogP contribution in [0.1, 0.15) is 71.6 Å². The normalized spacial score (nSPS) is 15.5. The van der Waals surface area contributed by atoms with E-state index in [2.05, 4.69) is 29.9 Å². The van der Waals surface area contributed by atoms with Gasteiger partial charge in [-0.25, -0.2) is 0 Å². The van der Waals surface area contributed by atoms with Crippen molar-refractivity contribution in [3.05, 3.63) is 0 Å². The Morgan fingerprint density at radius 1 is 0.773 bits per heavy atom. The fourth-order valence-corrected chi connectivity index (χ4v) is 2.89. The van der Waals surface area contributed by atoms with Gasteiger partial charge in [-0.1, -0.05) is 12.8 Å². The minimum absolute atomic E-state index is 0.306. The van der Waals surface area contributed by atoms with Gasteiger partial charge in [-0.2, -0.15) is 0 Å². The Bertz CT molecular complexity index is 271. The maximum Gasteiger partial charge on any atom is 0.129 e. The predicted octanol–water partition coefficient (Wildman–Crippen LogP) is 2.87. The monoisotopic (exact) mass is 313 g/mol. The number of nitrogens with one attached hydrogen (secondary N) is 3. The summed E-state index contributed by atoms with van der Waals surface area (Å²) < 4.78 is 0. The Hall–Kier alpha value is -0.450. The lowest BCUT2D eigenvalue weighted by molar-refractivity contribution is -0.117.